The van der Waals surface area contributed by atoms with Gasteiger partial charge in [-0.15, -0.1) is 0 Å². The first kappa shape index (κ1) is 15.5. The van der Waals surface area contributed by atoms with Gasteiger partial charge >= 0.3 is 0 Å². The van der Waals surface area contributed by atoms with Crippen molar-refractivity contribution in [2.24, 2.45) is 11.8 Å². The molecular weight excluding hydrogens is 248 g/mol. The van der Waals surface area contributed by atoms with E-state index in [4.69, 9.17) is 0 Å². The number of piperidine rings is 1. The van der Waals surface area contributed by atoms with E-state index in [1.165, 1.54) is 32.5 Å². The van der Waals surface area contributed by atoms with Crippen LogP contribution >= 0.6 is 0 Å². The molecule has 2 rings (SSSR count). The van der Waals surface area contributed by atoms with E-state index in [2.05, 4.69) is 46.7 Å². The Morgan fingerprint density at radius 1 is 1.30 bits per heavy atom. The number of likely N-dealkylation sites (tertiary alicyclic amines) is 1. The summed E-state index contributed by atoms with van der Waals surface area (Å²) in [5.74, 6) is 2.76. The van der Waals surface area contributed by atoms with Crippen molar-refractivity contribution in [2.45, 2.75) is 40.2 Å². The van der Waals surface area contributed by atoms with Crippen LogP contribution in [0.5, 0.6) is 0 Å². The number of rotatable bonds is 7. The normalized spacial score (nSPS) is 18.0. The van der Waals surface area contributed by atoms with Crippen molar-refractivity contribution in [3.8, 4) is 0 Å². The third-order valence-electron chi connectivity index (χ3n) is 4.27. The van der Waals surface area contributed by atoms with E-state index in [9.17, 15) is 0 Å². The Morgan fingerprint density at radius 3 is 2.65 bits per heavy atom. The quantitative estimate of drug-likeness (QED) is 0.829. The number of nitrogens with zero attached hydrogens (tertiary/aromatic N) is 3. The second kappa shape index (κ2) is 7.79. The Kier molecular flexibility index (Phi) is 6.05. The summed E-state index contributed by atoms with van der Waals surface area (Å²) in [5, 5.41) is 3.60. The van der Waals surface area contributed by atoms with Crippen molar-refractivity contribution in [1.29, 1.82) is 0 Å². The Hall–Kier alpha value is -0.870. The smallest absolute Gasteiger partial charge is 0.105 e. The molecule has 0 aromatic carbocycles. The average Bonchev–Trinajstić information content (AvgIpc) is 2.83. The number of hydrogen-bond donors (Lipinski definition) is 1. The highest BCUT2D eigenvalue weighted by Gasteiger charge is 2.18. The van der Waals surface area contributed by atoms with Crippen LogP contribution in [0.1, 0.15) is 32.5 Å². The SMILES string of the molecule is Cc1nccn1CCN1CCC(CNCC(C)C)CC1. The molecule has 0 atom stereocenters. The lowest BCUT2D eigenvalue weighted by Gasteiger charge is -2.32. The van der Waals surface area contributed by atoms with E-state index in [1.54, 1.807) is 0 Å². The molecule has 1 aromatic rings. The predicted molar refractivity (Wildman–Crippen MR) is 83.8 cm³/mol. The van der Waals surface area contributed by atoms with Crippen LogP contribution in [0.4, 0.5) is 0 Å². The largest absolute Gasteiger partial charge is 0.334 e. The van der Waals surface area contributed by atoms with Crippen LogP contribution in [0.3, 0.4) is 0 Å². The van der Waals surface area contributed by atoms with Gasteiger partial charge in [0.25, 0.3) is 0 Å². The van der Waals surface area contributed by atoms with Gasteiger partial charge in [-0.25, -0.2) is 4.98 Å². The van der Waals surface area contributed by atoms with E-state index in [0.717, 1.165) is 37.3 Å². The molecule has 1 N–H and O–H groups in total. The van der Waals surface area contributed by atoms with Gasteiger partial charge in [-0.05, 0) is 57.8 Å². The number of hydrogen-bond acceptors (Lipinski definition) is 3. The third-order valence-corrected chi connectivity index (χ3v) is 4.27. The van der Waals surface area contributed by atoms with Crippen LogP contribution in [0.2, 0.25) is 0 Å². The molecule has 2 heterocycles. The van der Waals surface area contributed by atoms with Gasteiger partial charge in [0.1, 0.15) is 5.82 Å². The zero-order valence-corrected chi connectivity index (χ0v) is 13.3. The summed E-state index contributed by atoms with van der Waals surface area (Å²) in [6.45, 7) is 13.7. The summed E-state index contributed by atoms with van der Waals surface area (Å²) in [6.07, 6.45) is 6.65. The fourth-order valence-electron chi connectivity index (χ4n) is 2.88. The molecule has 20 heavy (non-hydrogen) atoms. The summed E-state index contributed by atoms with van der Waals surface area (Å²) in [7, 11) is 0. The Morgan fingerprint density at radius 2 is 2.05 bits per heavy atom. The zero-order valence-electron chi connectivity index (χ0n) is 13.3. The van der Waals surface area contributed by atoms with Gasteiger partial charge in [-0.1, -0.05) is 13.8 Å². The van der Waals surface area contributed by atoms with E-state index in [0.29, 0.717) is 0 Å². The van der Waals surface area contributed by atoms with Gasteiger partial charge in [0, 0.05) is 25.5 Å². The van der Waals surface area contributed by atoms with Crippen molar-refractivity contribution in [1.82, 2.24) is 19.8 Å². The maximum Gasteiger partial charge on any atom is 0.105 e. The number of nitrogens with one attached hydrogen (secondary N) is 1. The third kappa shape index (κ3) is 4.91. The molecule has 4 heteroatoms. The summed E-state index contributed by atoms with van der Waals surface area (Å²) in [6, 6.07) is 0. The molecule has 0 bridgehead atoms. The van der Waals surface area contributed by atoms with Gasteiger partial charge in [0.2, 0.25) is 0 Å². The molecule has 114 valence electrons. The standard InChI is InChI=1S/C16H30N4/c1-14(2)12-17-13-16-4-7-19(8-5-16)10-11-20-9-6-18-15(20)3/h6,9,14,16-17H,4-5,7-8,10-13H2,1-3H3. The molecule has 0 radical (unpaired) electrons. The minimum atomic E-state index is 0.758. The molecule has 1 fully saturated rings. The van der Waals surface area contributed by atoms with E-state index >= 15 is 0 Å². The Bertz CT molecular complexity index is 378. The van der Waals surface area contributed by atoms with Crippen LogP contribution < -0.4 is 5.32 Å². The first-order chi connectivity index (χ1) is 9.65. The molecule has 1 aromatic heterocycles. The van der Waals surface area contributed by atoms with Crippen LogP contribution in [-0.4, -0.2) is 47.2 Å². The van der Waals surface area contributed by atoms with Crippen LogP contribution in [0.25, 0.3) is 0 Å². The molecule has 0 spiro atoms. The maximum absolute atomic E-state index is 4.28. The van der Waals surface area contributed by atoms with Gasteiger partial charge in [-0.3, -0.25) is 0 Å². The van der Waals surface area contributed by atoms with Crippen molar-refractivity contribution in [3.05, 3.63) is 18.2 Å². The zero-order chi connectivity index (χ0) is 14.4. The number of imidazole rings is 1. The minimum Gasteiger partial charge on any atom is -0.334 e. The highest BCUT2D eigenvalue weighted by atomic mass is 15.2. The molecule has 1 aliphatic heterocycles. The van der Waals surface area contributed by atoms with Gasteiger partial charge in [0.15, 0.2) is 0 Å². The van der Waals surface area contributed by atoms with E-state index < -0.39 is 0 Å². The number of aryl methyl sites for hydroxylation is 1. The molecule has 4 nitrogen and oxygen atoms in total. The molecule has 0 saturated carbocycles. The highest BCUT2D eigenvalue weighted by molar-refractivity contribution is 4.88. The van der Waals surface area contributed by atoms with Crippen molar-refractivity contribution in [3.63, 3.8) is 0 Å². The lowest BCUT2D eigenvalue weighted by molar-refractivity contribution is 0.176. The molecule has 0 aliphatic carbocycles. The first-order valence-corrected chi connectivity index (χ1v) is 8.06. The lowest BCUT2D eigenvalue weighted by Crippen LogP contribution is -2.39. The first-order valence-electron chi connectivity index (χ1n) is 8.06. The van der Waals surface area contributed by atoms with E-state index in [1.807, 2.05) is 6.20 Å². The van der Waals surface area contributed by atoms with Gasteiger partial charge in [-0.2, -0.15) is 0 Å². The minimum absolute atomic E-state index is 0.758. The van der Waals surface area contributed by atoms with Gasteiger partial charge in [0.05, 0.1) is 0 Å². The van der Waals surface area contributed by atoms with Crippen LogP contribution in [0.15, 0.2) is 12.4 Å². The second-order valence-electron chi connectivity index (χ2n) is 6.50. The molecule has 0 amide bonds. The molecule has 1 aliphatic rings. The maximum atomic E-state index is 4.28. The summed E-state index contributed by atoms with van der Waals surface area (Å²) >= 11 is 0. The number of aromatic nitrogens is 2. The summed E-state index contributed by atoms with van der Waals surface area (Å²) < 4.78 is 2.25. The second-order valence-corrected chi connectivity index (χ2v) is 6.50. The van der Waals surface area contributed by atoms with Gasteiger partial charge < -0.3 is 14.8 Å². The van der Waals surface area contributed by atoms with Crippen LogP contribution in [0, 0.1) is 18.8 Å². The lowest BCUT2D eigenvalue weighted by atomic mass is 9.96. The predicted octanol–water partition coefficient (Wildman–Crippen LogP) is 2.15. The van der Waals surface area contributed by atoms with Crippen molar-refractivity contribution in [2.75, 3.05) is 32.7 Å². The van der Waals surface area contributed by atoms with Crippen LogP contribution in [-0.2, 0) is 6.54 Å². The van der Waals surface area contributed by atoms with Crippen molar-refractivity contribution < 1.29 is 0 Å². The Labute approximate surface area is 123 Å². The van der Waals surface area contributed by atoms with Crippen molar-refractivity contribution >= 4 is 0 Å². The molecule has 0 unspecified atom stereocenters. The summed E-state index contributed by atoms with van der Waals surface area (Å²) in [4.78, 5) is 6.87. The highest BCUT2D eigenvalue weighted by Crippen LogP contribution is 2.16. The van der Waals surface area contributed by atoms with E-state index in [-0.39, 0.29) is 0 Å². The fourth-order valence-corrected chi connectivity index (χ4v) is 2.88. The molecular formula is C16H30N4. The fraction of sp³-hybridized carbons (Fsp3) is 0.812. The molecule has 1 saturated heterocycles. The topological polar surface area (TPSA) is 33.1 Å². The summed E-state index contributed by atoms with van der Waals surface area (Å²) in [5.41, 5.74) is 0. The average molecular weight is 278 g/mol. The Balaban J connectivity index is 1.61. The monoisotopic (exact) mass is 278 g/mol.